The third-order valence-corrected chi connectivity index (χ3v) is 5.05. The van der Waals surface area contributed by atoms with Gasteiger partial charge in [0.25, 0.3) is 6.43 Å². The fraction of sp³-hybridized carbons (Fsp3) is 0.462. The molecule has 0 aliphatic carbocycles. The molecule has 0 spiro atoms. The summed E-state index contributed by atoms with van der Waals surface area (Å²) < 4.78 is 38.3. The molecule has 0 aromatic heterocycles. The van der Waals surface area contributed by atoms with E-state index in [1.54, 1.807) is 13.8 Å². The van der Waals surface area contributed by atoms with E-state index in [0.717, 1.165) is 12.1 Å². The Hall–Kier alpha value is -1.30. The monoisotopic (exact) mass is 290 g/mol. The van der Waals surface area contributed by atoms with Crippen molar-refractivity contribution in [2.45, 2.75) is 43.8 Å². The zero-order valence-corrected chi connectivity index (χ0v) is 11.8. The molecule has 0 aliphatic rings. The predicted molar refractivity (Wildman–Crippen MR) is 69.3 cm³/mol. The average molecular weight is 290 g/mol. The molecule has 0 fully saturated rings. The molecule has 1 rings (SSSR count). The first-order valence-electron chi connectivity index (χ1n) is 5.86. The van der Waals surface area contributed by atoms with Gasteiger partial charge in [-0.3, -0.25) is 4.21 Å². The van der Waals surface area contributed by atoms with E-state index < -0.39 is 23.2 Å². The predicted octanol–water partition coefficient (Wildman–Crippen LogP) is 3.54. The maximum atomic E-state index is 13.0. The number of rotatable bonds is 5. The van der Waals surface area contributed by atoms with Crippen LogP contribution in [0.1, 0.15) is 48.2 Å². The summed E-state index contributed by atoms with van der Waals surface area (Å²) in [5, 5.41) is 8.71. The van der Waals surface area contributed by atoms with Crippen LogP contribution in [0.4, 0.5) is 8.78 Å². The molecular weight excluding hydrogens is 274 g/mol. The molecule has 0 saturated heterocycles. The Morgan fingerprint density at radius 3 is 2.42 bits per heavy atom. The minimum Gasteiger partial charge on any atom is -0.478 e. The quantitative estimate of drug-likeness (QED) is 0.902. The summed E-state index contributed by atoms with van der Waals surface area (Å²) in [6, 6.07) is 2.19. The summed E-state index contributed by atoms with van der Waals surface area (Å²) >= 11 is 0. The number of carboxylic acid groups (broad SMARTS) is 1. The molecular formula is C13H16F2O3S. The minimum absolute atomic E-state index is 0.0377. The molecule has 0 heterocycles. The second kappa shape index (κ2) is 6.23. The van der Waals surface area contributed by atoms with Gasteiger partial charge in [-0.1, -0.05) is 19.9 Å². The number of benzene rings is 1. The summed E-state index contributed by atoms with van der Waals surface area (Å²) in [6.45, 7) is 4.92. The Kier molecular flexibility index (Phi) is 5.17. The van der Waals surface area contributed by atoms with Crippen molar-refractivity contribution < 1.29 is 22.9 Å². The van der Waals surface area contributed by atoms with Crippen LogP contribution in [0.2, 0.25) is 0 Å². The third kappa shape index (κ3) is 3.18. The first-order chi connectivity index (χ1) is 8.81. The van der Waals surface area contributed by atoms with Crippen LogP contribution in [-0.2, 0) is 10.8 Å². The summed E-state index contributed by atoms with van der Waals surface area (Å²) in [5.41, 5.74) is -0.277. The van der Waals surface area contributed by atoms with E-state index in [2.05, 4.69) is 0 Å². The van der Waals surface area contributed by atoms with Crippen molar-refractivity contribution in [1.29, 1.82) is 0 Å². The fourth-order valence-corrected chi connectivity index (χ4v) is 3.24. The number of hydrogen-bond acceptors (Lipinski definition) is 2. The third-order valence-electron chi connectivity index (χ3n) is 3.04. The van der Waals surface area contributed by atoms with Gasteiger partial charge in [-0.2, -0.15) is 0 Å². The van der Waals surface area contributed by atoms with Crippen LogP contribution in [0.25, 0.3) is 0 Å². The van der Waals surface area contributed by atoms with Crippen molar-refractivity contribution in [3.63, 3.8) is 0 Å². The summed E-state index contributed by atoms with van der Waals surface area (Å²) in [5.74, 6) is -1.21. The van der Waals surface area contributed by atoms with Crippen LogP contribution in [-0.4, -0.2) is 20.5 Å². The van der Waals surface area contributed by atoms with Crippen molar-refractivity contribution in [3.05, 3.63) is 28.8 Å². The summed E-state index contributed by atoms with van der Waals surface area (Å²) in [7, 11) is -1.64. The maximum absolute atomic E-state index is 13.0. The van der Waals surface area contributed by atoms with Crippen molar-refractivity contribution in [2.24, 2.45) is 0 Å². The zero-order valence-electron chi connectivity index (χ0n) is 10.9. The zero-order chi connectivity index (χ0) is 14.7. The van der Waals surface area contributed by atoms with E-state index in [-0.39, 0.29) is 26.8 Å². The molecule has 0 unspecified atom stereocenters. The number of alkyl halides is 2. The molecule has 1 aromatic carbocycles. The molecule has 19 heavy (non-hydrogen) atoms. The first kappa shape index (κ1) is 15.8. The van der Waals surface area contributed by atoms with Gasteiger partial charge in [-0.25, -0.2) is 13.6 Å². The van der Waals surface area contributed by atoms with Crippen LogP contribution < -0.4 is 0 Å². The van der Waals surface area contributed by atoms with Crippen LogP contribution in [0, 0.1) is 6.92 Å². The molecule has 106 valence electrons. The highest BCUT2D eigenvalue weighted by Gasteiger charge is 2.25. The lowest BCUT2D eigenvalue weighted by molar-refractivity contribution is 0.0695. The standard InChI is InChI=1S/C13H16F2O3S/c1-4-7(2)19(18)11-8(3)9(13(16)17)5-6-10(11)12(14)15/h5-7,12H,4H2,1-3H3,(H,16,17)/t7-,19+/m0/s1. The van der Waals surface area contributed by atoms with Crippen LogP contribution in [0.15, 0.2) is 17.0 Å². The van der Waals surface area contributed by atoms with Gasteiger partial charge in [0.1, 0.15) is 0 Å². The van der Waals surface area contributed by atoms with E-state index in [1.807, 2.05) is 0 Å². The van der Waals surface area contributed by atoms with Gasteiger partial charge < -0.3 is 5.11 Å². The SMILES string of the molecule is CC[C@H](C)[S@@](=O)c1c(C(F)F)ccc(C(=O)O)c1C. The first-order valence-corrected chi connectivity index (χ1v) is 7.08. The van der Waals surface area contributed by atoms with Crippen molar-refractivity contribution >= 4 is 16.8 Å². The molecule has 1 aromatic rings. The lowest BCUT2D eigenvalue weighted by atomic mass is 10.1. The molecule has 0 aliphatic heterocycles. The Labute approximate surface area is 113 Å². The second-order valence-electron chi connectivity index (χ2n) is 4.28. The molecule has 0 amide bonds. The van der Waals surface area contributed by atoms with Gasteiger partial charge in [0.05, 0.1) is 21.3 Å². The fourth-order valence-electron chi connectivity index (χ4n) is 1.74. The van der Waals surface area contributed by atoms with Gasteiger partial charge in [-0.15, -0.1) is 0 Å². The number of carboxylic acids is 1. The molecule has 0 bridgehead atoms. The second-order valence-corrected chi connectivity index (χ2v) is 6.09. The molecule has 0 saturated carbocycles. The van der Waals surface area contributed by atoms with E-state index in [0.29, 0.717) is 6.42 Å². The highest BCUT2D eigenvalue weighted by atomic mass is 32.2. The van der Waals surface area contributed by atoms with E-state index in [9.17, 15) is 17.8 Å². The van der Waals surface area contributed by atoms with Gasteiger partial charge in [0.2, 0.25) is 0 Å². The van der Waals surface area contributed by atoms with Crippen molar-refractivity contribution in [1.82, 2.24) is 0 Å². The largest absolute Gasteiger partial charge is 0.478 e. The summed E-state index contributed by atoms with van der Waals surface area (Å²) in [6.07, 6.45) is -2.21. The normalized spacial score (nSPS) is 14.4. The number of aromatic carboxylic acids is 1. The van der Waals surface area contributed by atoms with Gasteiger partial charge >= 0.3 is 5.97 Å². The molecule has 0 radical (unpaired) electrons. The number of halogens is 2. The van der Waals surface area contributed by atoms with Gasteiger partial charge in [-0.05, 0) is 25.0 Å². The van der Waals surface area contributed by atoms with Crippen molar-refractivity contribution in [2.75, 3.05) is 0 Å². The lowest BCUT2D eigenvalue weighted by Crippen LogP contribution is -2.15. The van der Waals surface area contributed by atoms with Gasteiger partial charge in [0.15, 0.2) is 0 Å². The van der Waals surface area contributed by atoms with Crippen LogP contribution in [0.5, 0.6) is 0 Å². The molecule has 6 heteroatoms. The Bertz CT molecular complexity index is 515. The maximum Gasteiger partial charge on any atom is 0.335 e. The topological polar surface area (TPSA) is 54.4 Å². The van der Waals surface area contributed by atoms with Crippen molar-refractivity contribution in [3.8, 4) is 0 Å². The Morgan fingerprint density at radius 1 is 1.42 bits per heavy atom. The van der Waals surface area contributed by atoms with Crippen LogP contribution >= 0.6 is 0 Å². The smallest absolute Gasteiger partial charge is 0.335 e. The lowest BCUT2D eigenvalue weighted by Gasteiger charge is -2.17. The molecule has 1 N–H and O–H groups in total. The molecule has 2 atom stereocenters. The van der Waals surface area contributed by atoms with Crippen LogP contribution in [0.3, 0.4) is 0 Å². The molecule has 3 nitrogen and oxygen atoms in total. The van der Waals surface area contributed by atoms with E-state index in [1.165, 1.54) is 6.92 Å². The highest BCUT2D eigenvalue weighted by Crippen LogP contribution is 2.31. The van der Waals surface area contributed by atoms with Gasteiger partial charge in [0, 0.05) is 10.8 Å². The van der Waals surface area contributed by atoms with E-state index in [4.69, 9.17) is 5.11 Å². The minimum atomic E-state index is -2.77. The van der Waals surface area contributed by atoms with E-state index >= 15 is 0 Å². The summed E-state index contributed by atoms with van der Waals surface area (Å²) in [4.78, 5) is 11.0. The Morgan fingerprint density at radius 2 is 2.00 bits per heavy atom. The number of carbonyl (C=O) groups is 1. The number of hydrogen-bond donors (Lipinski definition) is 1. The average Bonchev–Trinajstić information content (AvgIpc) is 2.35. The highest BCUT2D eigenvalue weighted by molar-refractivity contribution is 7.85. The Balaban J connectivity index is 3.51.